The summed E-state index contributed by atoms with van der Waals surface area (Å²) in [6.45, 7) is 0. The Morgan fingerprint density at radius 2 is 1.63 bits per heavy atom. The van der Waals surface area contributed by atoms with Gasteiger partial charge in [0.1, 0.15) is 11.6 Å². The minimum Gasteiger partial charge on any atom is -0.396 e. The minimum absolute atomic E-state index is 0.156. The number of nitrogens with two attached hydrogens (primary N) is 2. The van der Waals surface area contributed by atoms with Crippen LogP contribution in [0.15, 0.2) is 78.3 Å². The third-order valence-corrected chi connectivity index (χ3v) is 3.65. The predicted molar refractivity (Wildman–Crippen MR) is 105 cm³/mol. The molecule has 0 aliphatic heterocycles. The molecule has 9 heteroatoms. The van der Waals surface area contributed by atoms with Crippen molar-refractivity contribution < 1.29 is 8.78 Å². The molecule has 0 atom stereocenters. The molecule has 0 saturated heterocycles. The normalized spacial score (nSPS) is 9.59. The highest BCUT2D eigenvalue weighted by Crippen LogP contribution is 2.16. The van der Waals surface area contributed by atoms with Crippen molar-refractivity contribution in [1.82, 2.24) is 19.5 Å². The Balaban J connectivity index is 0.000000161. The maximum Gasteiger partial charge on any atom is 0.148 e. The summed E-state index contributed by atoms with van der Waals surface area (Å²) in [5.41, 5.74) is 11.6. The van der Waals surface area contributed by atoms with E-state index in [1.165, 1.54) is 24.3 Å². The lowest BCUT2D eigenvalue weighted by molar-refractivity contribution is 0.631. The lowest BCUT2D eigenvalue weighted by Gasteiger charge is -2.02. The van der Waals surface area contributed by atoms with Crippen molar-refractivity contribution in [3.8, 4) is 5.69 Å². The largest absolute Gasteiger partial charge is 0.396 e. The summed E-state index contributed by atoms with van der Waals surface area (Å²) in [6, 6.07) is 9.18. The van der Waals surface area contributed by atoms with Gasteiger partial charge in [0.2, 0.25) is 0 Å². The first-order valence-corrected chi connectivity index (χ1v) is 8.43. The average Bonchev–Trinajstić information content (AvgIpc) is 3.37. The van der Waals surface area contributed by atoms with E-state index in [1.54, 1.807) is 54.1 Å². The van der Waals surface area contributed by atoms with Crippen LogP contribution in [-0.2, 0) is 0 Å². The first-order chi connectivity index (χ1) is 13.0. The van der Waals surface area contributed by atoms with Crippen LogP contribution in [0.25, 0.3) is 5.69 Å². The van der Waals surface area contributed by atoms with Crippen LogP contribution >= 0.6 is 15.9 Å². The van der Waals surface area contributed by atoms with Gasteiger partial charge in [-0.1, -0.05) is 15.9 Å². The summed E-state index contributed by atoms with van der Waals surface area (Å²) in [7, 11) is 0. The van der Waals surface area contributed by atoms with E-state index in [9.17, 15) is 8.78 Å². The Morgan fingerprint density at radius 3 is 2.07 bits per heavy atom. The van der Waals surface area contributed by atoms with E-state index in [0.717, 1.165) is 0 Å². The standard InChI is InChI=1S/C9H8FN3.C6H5BrFN.C3H4N2/c10-8-5-7(1-2-9(8)11)13-4-3-12-6-13;7-4-1-2-6(9)5(8)3-4;1-2-5-3-4-1/h1-6H,11H2;1-3H,9H2;1-3H,(H,4,5). The Morgan fingerprint density at radius 1 is 0.926 bits per heavy atom. The van der Waals surface area contributed by atoms with Gasteiger partial charge in [-0.2, -0.15) is 0 Å². The van der Waals surface area contributed by atoms with Gasteiger partial charge in [0.15, 0.2) is 0 Å². The number of rotatable bonds is 1. The zero-order valence-corrected chi connectivity index (χ0v) is 15.6. The van der Waals surface area contributed by atoms with Gasteiger partial charge in [0.05, 0.1) is 24.0 Å². The van der Waals surface area contributed by atoms with E-state index in [0.29, 0.717) is 10.2 Å². The molecule has 2 heterocycles. The number of hydrogen-bond acceptors (Lipinski definition) is 4. The van der Waals surface area contributed by atoms with Gasteiger partial charge in [0, 0.05) is 41.0 Å². The van der Waals surface area contributed by atoms with Gasteiger partial charge in [0.25, 0.3) is 0 Å². The molecule has 0 radical (unpaired) electrons. The number of benzene rings is 2. The van der Waals surface area contributed by atoms with Crippen molar-refractivity contribution in [1.29, 1.82) is 0 Å². The van der Waals surface area contributed by atoms with Gasteiger partial charge in [-0.25, -0.2) is 18.7 Å². The van der Waals surface area contributed by atoms with Crippen molar-refractivity contribution in [3.63, 3.8) is 0 Å². The van der Waals surface area contributed by atoms with Crippen LogP contribution in [0.1, 0.15) is 0 Å². The molecule has 0 fully saturated rings. The van der Waals surface area contributed by atoms with Gasteiger partial charge < -0.3 is 21.0 Å². The lowest BCUT2D eigenvalue weighted by Crippen LogP contribution is -1.94. The predicted octanol–water partition coefficient (Wildman–Crippen LogP) is 4.17. The van der Waals surface area contributed by atoms with Gasteiger partial charge >= 0.3 is 0 Å². The number of imidazole rings is 2. The monoisotopic (exact) mass is 434 g/mol. The molecule has 4 aromatic rings. The fourth-order valence-corrected chi connectivity index (χ4v) is 2.14. The van der Waals surface area contributed by atoms with Crippen LogP contribution in [0.5, 0.6) is 0 Å². The highest BCUT2D eigenvalue weighted by Gasteiger charge is 2.00. The van der Waals surface area contributed by atoms with Crippen LogP contribution in [-0.4, -0.2) is 19.5 Å². The summed E-state index contributed by atoms with van der Waals surface area (Å²) in [5.74, 6) is -0.796. The van der Waals surface area contributed by atoms with Crippen LogP contribution in [0.3, 0.4) is 0 Å². The molecule has 0 saturated carbocycles. The Labute approximate surface area is 163 Å². The van der Waals surface area contributed by atoms with E-state index in [-0.39, 0.29) is 17.2 Å². The number of nitrogens with one attached hydrogen (secondary N) is 1. The fourth-order valence-electron chi connectivity index (χ4n) is 1.81. The zero-order chi connectivity index (χ0) is 19.6. The van der Waals surface area contributed by atoms with E-state index in [1.807, 2.05) is 0 Å². The second-order valence-corrected chi connectivity index (χ2v) is 6.02. The molecule has 0 bridgehead atoms. The molecule has 5 N–H and O–H groups in total. The summed E-state index contributed by atoms with van der Waals surface area (Å²) in [6.07, 6.45) is 10.1. The van der Waals surface area contributed by atoms with E-state index >= 15 is 0 Å². The third-order valence-electron chi connectivity index (χ3n) is 3.15. The number of H-pyrrole nitrogens is 1. The molecule has 0 unspecified atom stereocenters. The number of halogens is 3. The molecule has 140 valence electrons. The topological polar surface area (TPSA) is 98.5 Å². The molecule has 6 nitrogen and oxygen atoms in total. The first-order valence-electron chi connectivity index (χ1n) is 7.64. The molecule has 0 amide bonds. The molecule has 2 aromatic heterocycles. The van der Waals surface area contributed by atoms with Crippen molar-refractivity contribution in [2.75, 3.05) is 11.5 Å². The van der Waals surface area contributed by atoms with Crippen LogP contribution in [0.2, 0.25) is 0 Å². The number of aromatic nitrogens is 4. The molecule has 2 aromatic carbocycles. The molecular weight excluding hydrogens is 418 g/mol. The quantitative estimate of drug-likeness (QED) is 0.391. The number of hydrogen-bond donors (Lipinski definition) is 3. The molecule has 4 rings (SSSR count). The summed E-state index contributed by atoms with van der Waals surface area (Å²) < 4.78 is 27.9. The number of nitrogen functional groups attached to an aromatic ring is 2. The fraction of sp³-hybridized carbons (Fsp3) is 0. The summed E-state index contributed by atoms with van der Waals surface area (Å²) in [5, 5.41) is 0. The first kappa shape index (κ1) is 20.1. The molecule has 27 heavy (non-hydrogen) atoms. The smallest absolute Gasteiger partial charge is 0.148 e. The second-order valence-electron chi connectivity index (χ2n) is 5.10. The third kappa shape index (κ3) is 6.55. The van der Waals surface area contributed by atoms with Crippen molar-refractivity contribution in [3.05, 3.63) is 89.9 Å². The Hall–Kier alpha value is -3.20. The molecule has 0 aliphatic rings. The van der Waals surface area contributed by atoms with E-state index < -0.39 is 5.82 Å². The van der Waals surface area contributed by atoms with Gasteiger partial charge in [-0.05, 0) is 30.3 Å². The van der Waals surface area contributed by atoms with Gasteiger partial charge in [-0.15, -0.1) is 0 Å². The van der Waals surface area contributed by atoms with E-state index in [4.69, 9.17) is 11.5 Å². The SMILES string of the molecule is Nc1ccc(-n2ccnc2)cc1F.Nc1ccc(Br)cc1F.c1c[nH]cn1. The average molecular weight is 435 g/mol. The van der Waals surface area contributed by atoms with Crippen LogP contribution in [0, 0.1) is 11.6 Å². The minimum atomic E-state index is -0.411. The van der Waals surface area contributed by atoms with Crippen molar-refractivity contribution >= 4 is 27.3 Å². The lowest BCUT2D eigenvalue weighted by atomic mass is 10.2. The Bertz CT molecular complexity index is 925. The van der Waals surface area contributed by atoms with E-state index in [2.05, 4.69) is 30.9 Å². The van der Waals surface area contributed by atoms with Crippen LogP contribution in [0.4, 0.5) is 20.2 Å². The number of anilines is 2. The number of nitrogens with zero attached hydrogens (tertiary/aromatic N) is 3. The molecular formula is C18H17BrF2N6. The molecule has 0 spiro atoms. The van der Waals surface area contributed by atoms with Crippen LogP contribution < -0.4 is 11.5 Å². The maximum absolute atomic E-state index is 13.0. The highest BCUT2D eigenvalue weighted by atomic mass is 79.9. The second kappa shape index (κ2) is 10.1. The maximum atomic E-state index is 13.0. The Kier molecular flexibility index (Phi) is 7.50. The number of aromatic amines is 1. The van der Waals surface area contributed by atoms with Gasteiger partial charge in [-0.3, -0.25) is 0 Å². The highest BCUT2D eigenvalue weighted by molar-refractivity contribution is 9.10. The summed E-state index contributed by atoms with van der Waals surface area (Å²) in [4.78, 5) is 10.3. The zero-order valence-electron chi connectivity index (χ0n) is 14.1. The molecule has 0 aliphatic carbocycles. The summed E-state index contributed by atoms with van der Waals surface area (Å²) >= 11 is 3.10. The van der Waals surface area contributed by atoms with Crippen molar-refractivity contribution in [2.45, 2.75) is 0 Å². The van der Waals surface area contributed by atoms with Crippen molar-refractivity contribution in [2.24, 2.45) is 0 Å².